The molecule has 0 radical (unpaired) electrons. The quantitative estimate of drug-likeness (QED) is 0.561. The van der Waals surface area contributed by atoms with Crippen LogP contribution in [0.3, 0.4) is 0 Å². The summed E-state index contributed by atoms with van der Waals surface area (Å²) in [4.78, 5) is 37.3. The summed E-state index contributed by atoms with van der Waals surface area (Å²) in [6.07, 6.45) is 2.77. The van der Waals surface area contributed by atoms with E-state index in [9.17, 15) is 14.4 Å². The lowest BCUT2D eigenvalue weighted by molar-refractivity contribution is 0.0490. The minimum atomic E-state index is -0.715. The summed E-state index contributed by atoms with van der Waals surface area (Å²) in [6, 6.07) is 1.00. The maximum Gasteiger partial charge on any atom is 0.355 e. The molecule has 88 valence electrons. The lowest BCUT2D eigenvalue weighted by Crippen LogP contribution is -2.25. The Morgan fingerprint density at radius 3 is 2.69 bits per heavy atom. The van der Waals surface area contributed by atoms with Crippen LogP contribution in [0.5, 0.6) is 0 Å². The lowest BCUT2D eigenvalue weighted by Gasteiger charge is -2.03. The van der Waals surface area contributed by atoms with Crippen LogP contribution >= 0.6 is 0 Å². The van der Waals surface area contributed by atoms with Crippen molar-refractivity contribution in [1.29, 1.82) is 0 Å². The SMILES string of the molecule is CCCCCOC(=O)c1cc(=O)[nH]c(=O)[nH]1. The van der Waals surface area contributed by atoms with E-state index in [0.717, 1.165) is 25.3 Å². The first kappa shape index (κ1) is 12.2. The van der Waals surface area contributed by atoms with E-state index in [1.807, 2.05) is 11.9 Å². The van der Waals surface area contributed by atoms with E-state index >= 15 is 0 Å². The fourth-order valence-corrected chi connectivity index (χ4v) is 1.17. The van der Waals surface area contributed by atoms with E-state index in [4.69, 9.17) is 4.74 Å². The van der Waals surface area contributed by atoms with E-state index in [1.165, 1.54) is 0 Å². The molecule has 0 aliphatic rings. The van der Waals surface area contributed by atoms with Crippen LogP contribution in [0.25, 0.3) is 0 Å². The third kappa shape index (κ3) is 3.72. The zero-order valence-corrected chi connectivity index (χ0v) is 9.04. The molecule has 0 saturated carbocycles. The van der Waals surface area contributed by atoms with E-state index in [-0.39, 0.29) is 5.69 Å². The summed E-state index contributed by atoms with van der Waals surface area (Å²) in [5.74, 6) is -0.681. The Labute approximate surface area is 91.7 Å². The number of H-pyrrole nitrogens is 2. The molecule has 0 unspecified atom stereocenters. The van der Waals surface area contributed by atoms with Crippen molar-refractivity contribution in [3.05, 3.63) is 32.6 Å². The molecule has 0 spiro atoms. The first-order valence-electron chi connectivity index (χ1n) is 5.14. The van der Waals surface area contributed by atoms with Crippen molar-refractivity contribution in [1.82, 2.24) is 9.97 Å². The van der Waals surface area contributed by atoms with E-state index in [0.29, 0.717) is 6.61 Å². The van der Waals surface area contributed by atoms with Gasteiger partial charge in [-0.05, 0) is 6.42 Å². The van der Waals surface area contributed by atoms with Crippen LogP contribution in [0.4, 0.5) is 0 Å². The molecule has 6 nitrogen and oxygen atoms in total. The molecule has 6 heteroatoms. The molecule has 1 heterocycles. The largest absolute Gasteiger partial charge is 0.461 e. The highest BCUT2D eigenvalue weighted by Crippen LogP contribution is 1.97. The van der Waals surface area contributed by atoms with Crippen molar-refractivity contribution < 1.29 is 9.53 Å². The molecule has 0 aromatic carbocycles. The Kier molecular flexibility index (Phi) is 4.50. The van der Waals surface area contributed by atoms with Crippen molar-refractivity contribution in [3.63, 3.8) is 0 Å². The molecular formula is C10H14N2O4. The number of unbranched alkanes of at least 4 members (excludes halogenated alkanes) is 2. The van der Waals surface area contributed by atoms with Gasteiger partial charge in [0.2, 0.25) is 0 Å². The smallest absolute Gasteiger partial charge is 0.355 e. The van der Waals surface area contributed by atoms with Gasteiger partial charge in [-0.1, -0.05) is 19.8 Å². The van der Waals surface area contributed by atoms with Gasteiger partial charge in [0, 0.05) is 6.07 Å². The van der Waals surface area contributed by atoms with E-state index in [1.54, 1.807) is 0 Å². The van der Waals surface area contributed by atoms with Crippen molar-refractivity contribution >= 4 is 5.97 Å². The molecule has 1 aromatic heterocycles. The van der Waals surface area contributed by atoms with E-state index in [2.05, 4.69) is 4.98 Å². The number of rotatable bonds is 5. The van der Waals surface area contributed by atoms with Crippen LogP contribution in [-0.2, 0) is 4.74 Å². The molecule has 0 amide bonds. The van der Waals surface area contributed by atoms with Crippen molar-refractivity contribution in [3.8, 4) is 0 Å². The summed E-state index contributed by atoms with van der Waals surface area (Å²) in [5.41, 5.74) is -1.46. The molecule has 0 aliphatic carbocycles. The average Bonchev–Trinajstić information content (AvgIpc) is 2.22. The number of aromatic amines is 2. The number of ether oxygens (including phenoxy) is 1. The topological polar surface area (TPSA) is 92.0 Å². The second-order valence-corrected chi connectivity index (χ2v) is 3.34. The zero-order chi connectivity index (χ0) is 12.0. The average molecular weight is 226 g/mol. The van der Waals surface area contributed by atoms with Gasteiger partial charge >= 0.3 is 11.7 Å². The molecule has 1 rings (SSSR count). The fraction of sp³-hybridized carbons (Fsp3) is 0.500. The highest BCUT2D eigenvalue weighted by atomic mass is 16.5. The van der Waals surface area contributed by atoms with Crippen molar-refractivity contribution in [2.45, 2.75) is 26.2 Å². The minimum Gasteiger partial charge on any atom is -0.461 e. The lowest BCUT2D eigenvalue weighted by atomic mass is 10.3. The number of hydrogen-bond donors (Lipinski definition) is 2. The first-order chi connectivity index (χ1) is 7.63. The third-order valence-electron chi connectivity index (χ3n) is 1.96. The molecule has 2 N–H and O–H groups in total. The van der Waals surface area contributed by atoms with E-state index < -0.39 is 17.2 Å². The summed E-state index contributed by atoms with van der Waals surface area (Å²) >= 11 is 0. The molecular weight excluding hydrogens is 212 g/mol. The molecule has 0 aliphatic heterocycles. The predicted octanol–water partition coefficient (Wildman–Crippen LogP) is 0.410. The molecule has 0 atom stereocenters. The summed E-state index contributed by atoms with van der Waals surface area (Å²) in [5, 5.41) is 0. The van der Waals surface area contributed by atoms with Gasteiger partial charge in [-0.3, -0.25) is 9.78 Å². The highest BCUT2D eigenvalue weighted by Gasteiger charge is 2.08. The van der Waals surface area contributed by atoms with Crippen LogP contribution in [0.15, 0.2) is 15.7 Å². The minimum absolute atomic E-state index is 0.120. The zero-order valence-electron chi connectivity index (χ0n) is 9.04. The summed E-state index contributed by atoms with van der Waals surface area (Å²) in [7, 11) is 0. The number of carbonyl (C=O) groups excluding carboxylic acids is 1. The van der Waals surface area contributed by atoms with Crippen molar-refractivity contribution in [2.24, 2.45) is 0 Å². The Balaban J connectivity index is 2.59. The molecule has 0 saturated heterocycles. The van der Waals surface area contributed by atoms with Gasteiger partial charge in [-0.2, -0.15) is 0 Å². The van der Waals surface area contributed by atoms with Gasteiger partial charge in [-0.25, -0.2) is 9.59 Å². The summed E-state index contributed by atoms with van der Waals surface area (Å²) < 4.78 is 4.88. The van der Waals surface area contributed by atoms with Crippen molar-refractivity contribution in [2.75, 3.05) is 6.61 Å². The van der Waals surface area contributed by atoms with Crippen LogP contribution < -0.4 is 11.2 Å². The highest BCUT2D eigenvalue weighted by molar-refractivity contribution is 5.86. The van der Waals surface area contributed by atoms with Gasteiger partial charge in [0.15, 0.2) is 0 Å². The maximum atomic E-state index is 11.4. The number of carbonyl (C=O) groups is 1. The van der Waals surface area contributed by atoms with Crippen LogP contribution in [0, 0.1) is 0 Å². The molecule has 1 aromatic rings. The third-order valence-corrected chi connectivity index (χ3v) is 1.96. The Morgan fingerprint density at radius 2 is 2.06 bits per heavy atom. The normalized spacial score (nSPS) is 10.1. The van der Waals surface area contributed by atoms with Gasteiger partial charge < -0.3 is 9.72 Å². The van der Waals surface area contributed by atoms with Gasteiger partial charge in [0.25, 0.3) is 5.56 Å². The predicted molar refractivity (Wildman–Crippen MR) is 57.5 cm³/mol. The van der Waals surface area contributed by atoms with Gasteiger partial charge in [0.1, 0.15) is 5.69 Å². The van der Waals surface area contributed by atoms with Gasteiger partial charge in [0.05, 0.1) is 6.61 Å². The van der Waals surface area contributed by atoms with Crippen LogP contribution in [-0.4, -0.2) is 22.5 Å². The van der Waals surface area contributed by atoms with Gasteiger partial charge in [-0.15, -0.1) is 0 Å². The first-order valence-corrected chi connectivity index (χ1v) is 5.14. The summed E-state index contributed by atoms with van der Waals surface area (Å²) in [6.45, 7) is 2.33. The Morgan fingerprint density at radius 1 is 1.31 bits per heavy atom. The second kappa shape index (κ2) is 5.89. The standard InChI is InChI=1S/C10H14N2O4/c1-2-3-4-5-16-9(14)7-6-8(13)12-10(15)11-7/h6H,2-5H2,1H3,(H2,11,12,13,15). The fourth-order valence-electron chi connectivity index (χ4n) is 1.17. The molecule has 16 heavy (non-hydrogen) atoms. The number of hydrogen-bond acceptors (Lipinski definition) is 4. The number of aromatic nitrogens is 2. The maximum absolute atomic E-state index is 11.4. The molecule has 0 fully saturated rings. The Bertz CT molecular complexity index is 432. The number of esters is 1. The Hall–Kier alpha value is -1.85. The monoisotopic (exact) mass is 226 g/mol. The molecule has 0 bridgehead atoms. The number of nitrogens with one attached hydrogen (secondary N) is 2. The van der Waals surface area contributed by atoms with Crippen LogP contribution in [0.1, 0.15) is 36.7 Å². The van der Waals surface area contributed by atoms with Crippen LogP contribution in [0.2, 0.25) is 0 Å². The second-order valence-electron chi connectivity index (χ2n) is 3.34.